The number of carboxylic acid groups (broad SMARTS) is 1. The number of carbonyl (C=O) groups is 6. The van der Waals surface area contributed by atoms with E-state index >= 15 is 0 Å². The first-order valence-corrected chi connectivity index (χ1v) is 26.1. The maximum absolute atomic E-state index is 15.0. The van der Waals surface area contributed by atoms with Crippen molar-refractivity contribution in [3.63, 3.8) is 0 Å². The predicted octanol–water partition coefficient (Wildman–Crippen LogP) is 5.88. The van der Waals surface area contributed by atoms with Crippen LogP contribution in [0.15, 0.2) is 84.9 Å². The fourth-order valence-corrected chi connectivity index (χ4v) is 9.19. The Hall–Kier alpha value is -8.15. The van der Waals surface area contributed by atoms with Gasteiger partial charge in [0.15, 0.2) is 17.5 Å². The number of ether oxygens (including phenoxy) is 4. The van der Waals surface area contributed by atoms with Crippen LogP contribution in [0.25, 0.3) is 11.1 Å². The molecule has 3 aliphatic heterocycles. The molecule has 3 aliphatic rings. The summed E-state index contributed by atoms with van der Waals surface area (Å²) in [5.74, 6) is -8.93. The molecule has 8 atom stereocenters. The van der Waals surface area contributed by atoms with E-state index in [4.69, 9.17) is 36.3 Å². The van der Waals surface area contributed by atoms with Crippen molar-refractivity contribution >= 4 is 47.1 Å². The minimum absolute atomic E-state index is 0.00475. The molecule has 0 radical (unpaired) electrons. The molecule has 8 rings (SSSR count). The Labute approximate surface area is 464 Å². The molecule has 0 aromatic heterocycles. The van der Waals surface area contributed by atoms with Crippen molar-refractivity contribution in [3.05, 3.63) is 118 Å². The van der Waals surface area contributed by atoms with E-state index in [2.05, 4.69) is 21.3 Å². The summed E-state index contributed by atoms with van der Waals surface area (Å²) in [6.07, 6.45) is -3.60. The Morgan fingerprint density at radius 3 is 2.29 bits per heavy atom. The Morgan fingerprint density at radius 1 is 0.875 bits per heavy atom. The van der Waals surface area contributed by atoms with Crippen LogP contribution in [0.3, 0.4) is 0 Å². The number of primary amides is 1. The average molecular weight is 1130 g/mol. The molecule has 1 saturated heterocycles. The lowest BCUT2D eigenvalue weighted by molar-refractivity contribution is -0.185. The van der Waals surface area contributed by atoms with E-state index in [9.17, 15) is 64.5 Å². The number of rotatable bonds is 15. The van der Waals surface area contributed by atoms with Gasteiger partial charge in [-0.15, -0.1) is 0 Å². The molecular formula is C57H64ClN5O17. The van der Waals surface area contributed by atoms with Crippen molar-refractivity contribution in [1.29, 1.82) is 0 Å². The number of fused-ring (bicyclic) bond motifs is 9. The highest BCUT2D eigenvalue weighted by Gasteiger charge is 2.35. The number of hydrogen-bond donors (Lipinski definition) is 12. The normalized spacial score (nSPS) is 20.3. The van der Waals surface area contributed by atoms with Gasteiger partial charge >= 0.3 is 5.97 Å². The molecule has 0 saturated carbocycles. The van der Waals surface area contributed by atoms with Crippen LogP contribution in [-0.2, 0) is 39.9 Å². The van der Waals surface area contributed by atoms with Crippen molar-refractivity contribution in [3.8, 4) is 57.1 Å². The first-order chi connectivity index (χ1) is 38.0. The number of phenolic OH excluding ortho intramolecular Hbond substituents is 3. The third kappa shape index (κ3) is 14.9. The number of aliphatic carboxylic acids is 1. The minimum Gasteiger partial charge on any atom is -0.508 e. The molecule has 5 aromatic rings. The zero-order chi connectivity index (χ0) is 58.1. The van der Waals surface area contributed by atoms with Gasteiger partial charge in [-0.2, -0.15) is 0 Å². The average Bonchev–Trinajstić information content (AvgIpc) is 3.53. The molecule has 1 fully saturated rings. The van der Waals surface area contributed by atoms with Gasteiger partial charge in [-0.1, -0.05) is 49.7 Å². The van der Waals surface area contributed by atoms with Crippen LogP contribution < -0.4 is 41.2 Å². The summed E-state index contributed by atoms with van der Waals surface area (Å²) >= 11 is 6.90. The van der Waals surface area contributed by atoms with E-state index in [-0.39, 0.29) is 106 Å². The number of carboxylic acids is 1. The van der Waals surface area contributed by atoms with Crippen molar-refractivity contribution < 1.29 is 83.5 Å². The Bertz CT molecular complexity index is 3120. The quantitative estimate of drug-likeness (QED) is 0.0545. The number of carbonyl (C=O) groups excluding carboxylic acids is 5. The summed E-state index contributed by atoms with van der Waals surface area (Å²) in [7, 11) is 0. The molecule has 5 aromatic carbocycles. The number of aliphatic hydroxyl groups is 3. The Balaban J connectivity index is 1.40. The molecule has 0 aliphatic carbocycles. The second-order valence-electron chi connectivity index (χ2n) is 20.1. The van der Waals surface area contributed by atoms with Crippen LogP contribution in [0.1, 0.15) is 112 Å². The lowest BCUT2D eigenvalue weighted by Gasteiger charge is -2.33. The molecule has 6 bridgehead atoms. The van der Waals surface area contributed by atoms with Gasteiger partial charge in [0.1, 0.15) is 40.7 Å². The summed E-state index contributed by atoms with van der Waals surface area (Å²) in [4.78, 5) is 80.2. The number of nitrogens with one attached hydrogen (secondary N) is 4. The van der Waals surface area contributed by atoms with Crippen molar-refractivity contribution in [2.75, 3.05) is 13.2 Å². The fourth-order valence-electron chi connectivity index (χ4n) is 8.94. The van der Waals surface area contributed by atoms with Crippen LogP contribution in [0.5, 0.6) is 46.0 Å². The molecule has 80 heavy (non-hydrogen) atoms. The number of phenols is 3. The van der Waals surface area contributed by atoms with E-state index < -0.39 is 102 Å². The van der Waals surface area contributed by atoms with Gasteiger partial charge in [0.05, 0.1) is 36.0 Å². The van der Waals surface area contributed by atoms with Crippen LogP contribution in [-0.4, -0.2) is 103 Å². The molecule has 3 heterocycles. The Kier molecular flexibility index (Phi) is 19.5. The number of benzene rings is 5. The summed E-state index contributed by atoms with van der Waals surface area (Å²) in [6.45, 7) is 6.19. The second-order valence-corrected chi connectivity index (χ2v) is 20.5. The maximum Gasteiger partial charge on any atom is 0.330 e. The molecule has 13 N–H and O–H groups in total. The summed E-state index contributed by atoms with van der Waals surface area (Å²) in [5, 5.41) is 86.2. The monoisotopic (exact) mass is 1130 g/mol. The molecule has 23 heteroatoms. The maximum atomic E-state index is 15.0. The number of amides is 5. The predicted molar refractivity (Wildman–Crippen MR) is 288 cm³/mol. The van der Waals surface area contributed by atoms with Crippen molar-refractivity contribution in [2.24, 2.45) is 17.6 Å². The minimum atomic E-state index is -1.88. The SMILES string of the molecule is CC(C)CCC(=O)NC[C@H](O)c1ccc(Oc2cc3cc(c2O[C@H]2C[C@@H](O)C[C@@H](CO)O2)Oc2ccc(cc2Cl)CCC(=O)N[C@@H](C(=O)O)c2cc(O)cc(O)c2-c2cc(ccc2O)[C@@H](C)NC(=O)[C@@H]3NC(=O)C(C)C(N)=O)cc1. The van der Waals surface area contributed by atoms with E-state index in [1.54, 1.807) is 18.2 Å². The second kappa shape index (κ2) is 26.2. The number of aryl methyl sites for hydroxylation is 1. The number of aliphatic hydroxyl groups excluding tert-OH is 3. The molecule has 1 unspecified atom stereocenters. The standard InChI is InChI=1S/C57H64ClN5O17/c1-27(2)5-15-47(70)60-25-43(69)31-8-11-36(12-9-31)77-45-19-33-20-46(53(45)80-49-24-34(65)21-37(26-64)78-49)79-44-14-6-30(17-40(44)58)7-16-48(71)62-52(57(75)76)39-22-35(66)23-42(68)50(39)38-18-32(10-13-41(38)67)29(4)61-56(74)51(33)63-55(73)28(3)54(59)72/h6,8-14,17-20,22-23,27-29,34,37,43,49,51-52,64-69H,5,7,15-16,21,24-26H2,1-4H3,(H2,59,72)(H,60,70)(H,61,74)(H,62,71)(H,63,73)(H,75,76)/t28?,29-,34+,37+,43+,49+,51-,52-/m1/s1. The largest absolute Gasteiger partial charge is 0.508 e. The molecule has 22 nitrogen and oxygen atoms in total. The number of aromatic hydroxyl groups is 3. The van der Waals surface area contributed by atoms with Gasteiger partial charge < -0.3 is 81.7 Å². The van der Waals surface area contributed by atoms with Crippen LogP contribution in [0, 0.1) is 11.8 Å². The molecule has 0 spiro atoms. The Morgan fingerprint density at radius 2 is 1.61 bits per heavy atom. The lowest BCUT2D eigenvalue weighted by Crippen LogP contribution is -2.45. The van der Waals surface area contributed by atoms with Crippen LogP contribution in [0.4, 0.5) is 0 Å². The topological polar surface area (TPSA) is 355 Å². The smallest absolute Gasteiger partial charge is 0.330 e. The first kappa shape index (κ1) is 59.5. The van der Waals surface area contributed by atoms with Gasteiger partial charge in [0.2, 0.25) is 41.6 Å². The van der Waals surface area contributed by atoms with Gasteiger partial charge in [-0.25, -0.2) is 4.79 Å². The third-order valence-corrected chi connectivity index (χ3v) is 13.8. The molecular weight excluding hydrogens is 1060 g/mol. The summed E-state index contributed by atoms with van der Waals surface area (Å²) in [5.41, 5.74) is 5.86. The van der Waals surface area contributed by atoms with Crippen molar-refractivity contribution in [1.82, 2.24) is 21.3 Å². The highest BCUT2D eigenvalue weighted by Crippen LogP contribution is 2.48. The third-order valence-electron chi connectivity index (χ3n) is 13.5. The number of hydrogen-bond acceptors (Lipinski definition) is 16. The van der Waals surface area contributed by atoms with Crippen molar-refractivity contribution in [2.45, 2.75) is 109 Å². The number of nitrogens with two attached hydrogens (primary N) is 1. The zero-order valence-corrected chi connectivity index (χ0v) is 44.9. The molecule has 5 amide bonds. The van der Waals surface area contributed by atoms with Gasteiger partial charge in [0.25, 0.3) is 0 Å². The van der Waals surface area contributed by atoms with Gasteiger partial charge in [0, 0.05) is 55.0 Å². The van der Waals surface area contributed by atoms with Gasteiger partial charge in [-0.3, -0.25) is 24.0 Å². The summed E-state index contributed by atoms with van der Waals surface area (Å²) in [6, 6.07) is 14.4. The zero-order valence-electron chi connectivity index (χ0n) is 44.1. The van der Waals surface area contributed by atoms with Crippen LogP contribution in [0.2, 0.25) is 5.02 Å². The van der Waals surface area contributed by atoms with E-state index in [1.807, 2.05) is 13.8 Å². The lowest BCUT2D eigenvalue weighted by atomic mass is 9.90. The van der Waals surface area contributed by atoms with Gasteiger partial charge in [-0.05, 0) is 109 Å². The van der Waals surface area contributed by atoms with E-state index in [1.165, 1.54) is 68.4 Å². The number of halogens is 1. The highest BCUT2D eigenvalue weighted by molar-refractivity contribution is 6.32. The van der Waals surface area contributed by atoms with E-state index in [0.717, 1.165) is 12.1 Å². The fraction of sp³-hybridized carbons (Fsp3) is 0.368. The molecule has 426 valence electrons. The van der Waals surface area contributed by atoms with E-state index in [0.29, 0.717) is 23.5 Å². The first-order valence-electron chi connectivity index (χ1n) is 25.8. The van der Waals surface area contributed by atoms with Crippen LogP contribution >= 0.6 is 11.6 Å². The highest BCUT2D eigenvalue weighted by atomic mass is 35.5. The summed E-state index contributed by atoms with van der Waals surface area (Å²) < 4.78 is 25.5.